The van der Waals surface area contributed by atoms with E-state index in [9.17, 15) is 18.0 Å². The fraction of sp³-hybridized carbons (Fsp3) is 0.286. The Hall–Kier alpha value is -1.26. The molecule has 0 unspecified atom stereocenters. The number of rotatable bonds is 0. The molecule has 1 heterocycles. The van der Waals surface area contributed by atoms with Gasteiger partial charge in [0.15, 0.2) is 0 Å². The summed E-state index contributed by atoms with van der Waals surface area (Å²) in [6.45, 7) is 0. The van der Waals surface area contributed by atoms with Gasteiger partial charge in [-0.3, -0.25) is 4.79 Å². The summed E-state index contributed by atoms with van der Waals surface area (Å²) in [5.74, 6) is 0. The Kier molecular flexibility index (Phi) is 1.95. The molecule has 0 aromatic carbocycles. The highest BCUT2D eigenvalue weighted by Crippen LogP contribution is 2.27. The second-order valence-electron chi connectivity index (χ2n) is 2.31. The topological polar surface area (TPSA) is 22.0 Å². The van der Waals surface area contributed by atoms with Gasteiger partial charge in [-0.1, -0.05) is 6.07 Å². The maximum atomic E-state index is 12.1. The lowest BCUT2D eigenvalue weighted by Crippen LogP contribution is -2.24. The fourth-order valence-electron chi connectivity index (χ4n) is 0.849. The normalized spacial score (nSPS) is 11.7. The standard InChI is InChI=1S/C7H6F3NO/c1-11-5(7(8,9)10)3-2-4-6(11)12/h2-4H,1H3. The summed E-state index contributed by atoms with van der Waals surface area (Å²) in [6, 6.07) is 3.03. The first kappa shape index (κ1) is 8.83. The van der Waals surface area contributed by atoms with Crippen LogP contribution in [0.1, 0.15) is 5.69 Å². The van der Waals surface area contributed by atoms with E-state index in [1.807, 2.05) is 0 Å². The molecule has 0 aliphatic carbocycles. The van der Waals surface area contributed by atoms with Gasteiger partial charge in [-0.25, -0.2) is 0 Å². The lowest BCUT2D eigenvalue weighted by Gasteiger charge is -2.09. The smallest absolute Gasteiger partial charge is 0.308 e. The van der Waals surface area contributed by atoms with Gasteiger partial charge in [-0.2, -0.15) is 13.2 Å². The average Bonchev–Trinajstić information content (AvgIpc) is 1.92. The lowest BCUT2D eigenvalue weighted by atomic mass is 10.3. The molecule has 0 atom stereocenters. The minimum atomic E-state index is -4.46. The van der Waals surface area contributed by atoms with Crippen molar-refractivity contribution in [1.29, 1.82) is 0 Å². The second kappa shape index (κ2) is 2.66. The van der Waals surface area contributed by atoms with E-state index in [1.54, 1.807) is 0 Å². The fourth-order valence-corrected chi connectivity index (χ4v) is 0.849. The molecule has 1 aromatic rings. The molecule has 0 amide bonds. The molecular weight excluding hydrogens is 171 g/mol. The van der Waals surface area contributed by atoms with E-state index in [2.05, 4.69) is 0 Å². The summed E-state index contributed by atoms with van der Waals surface area (Å²) in [4.78, 5) is 10.7. The molecular formula is C7H6F3NO. The van der Waals surface area contributed by atoms with Crippen molar-refractivity contribution in [3.8, 4) is 0 Å². The number of hydrogen-bond donors (Lipinski definition) is 0. The predicted octanol–water partition coefficient (Wildman–Crippen LogP) is 1.40. The first-order valence-corrected chi connectivity index (χ1v) is 3.16. The number of aromatic nitrogens is 1. The van der Waals surface area contributed by atoms with E-state index in [-0.39, 0.29) is 0 Å². The Morgan fingerprint density at radius 1 is 1.33 bits per heavy atom. The first-order chi connectivity index (χ1) is 5.43. The molecule has 1 rings (SSSR count). The van der Waals surface area contributed by atoms with Crippen LogP contribution in [0.25, 0.3) is 0 Å². The summed E-state index contributed by atoms with van der Waals surface area (Å²) in [7, 11) is 1.09. The Morgan fingerprint density at radius 2 is 1.92 bits per heavy atom. The van der Waals surface area contributed by atoms with Crippen LogP contribution in [-0.4, -0.2) is 4.57 Å². The van der Waals surface area contributed by atoms with Crippen LogP contribution in [0.4, 0.5) is 13.2 Å². The van der Waals surface area contributed by atoms with Gasteiger partial charge in [-0.15, -0.1) is 0 Å². The van der Waals surface area contributed by atoms with E-state index in [0.29, 0.717) is 4.57 Å². The van der Waals surface area contributed by atoms with Crippen LogP contribution in [0, 0.1) is 0 Å². The molecule has 0 aliphatic heterocycles. The van der Waals surface area contributed by atoms with Gasteiger partial charge in [0.1, 0.15) is 5.69 Å². The first-order valence-electron chi connectivity index (χ1n) is 3.16. The third-order valence-electron chi connectivity index (χ3n) is 1.48. The zero-order chi connectivity index (χ0) is 9.35. The summed E-state index contributed by atoms with van der Waals surface area (Å²) in [5, 5.41) is 0. The number of hydrogen-bond acceptors (Lipinski definition) is 1. The van der Waals surface area contributed by atoms with Crippen molar-refractivity contribution >= 4 is 0 Å². The minimum absolute atomic E-state index is 0.569. The quantitative estimate of drug-likeness (QED) is 0.587. The highest BCUT2D eigenvalue weighted by atomic mass is 19.4. The van der Waals surface area contributed by atoms with Gasteiger partial charge in [0.05, 0.1) is 0 Å². The van der Waals surface area contributed by atoms with Crippen LogP contribution in [0.2, 0.25) is 0 Å². The van der Waals surface area contributed by atoms with Crippen molar-refractivity contribution < 1.29 is 13.2 Å². The average molecular weight is 177 g/mol. The Balaban J connectivity index is 3.36. The van der Waals surface area contributed by atoms with Crippen LogP contribution < -0.4 is 5.56 Å². The molecule has 0 bridgehead atoms. The molecule has 12 heavy (non-hydrogen) atoms. The molecule has 0 saturated carbocycles. The highest BCUT2D eigenvalue weighted by molar-refractivity contribution is 5.09. The van der Waals surface area contributed by atoms with Crippen molar-refractivity contribution in [2.45, 2.75) is 6.18 Å². The van der Waals surface area contributed by atoms with E-state index >= 15 is 0 Å². The third-order valence-corrected chi connectivity index (χ3v) is 1.48. The lowest BCUT2D eigenvalue weighted by molar-refractivity contribution is -0.143. The van der Waals surface area contributed by atoms with Crippen LogP contribution in [0.5, 0.6) is 0 Å². The van der Waals surface area contributed by atoms with Crippen LogP contribution in [0.3, 0.4) is 0 Å². The Labute approximate surface area is 66.2 Å². The van der Waals surface area contributed by atoms with E-state index < -0.39 is 17.4 Å². The van der Waals surface area contributed by atoms with Gasteiger partial charge in [-0.05, 0) is 6.07 Å². The Morgan fingerprint density at radius 3 is 2.33 bits per heavy atom. The summed E-state index contributed by atoms with van der Waals surface area (Å²) in [5.41, 5.74) is -1.60. The molecule has 2 nitrogen and oxygen atoms in total. The molecule has 0 spiro atoms. The summed E-state index contributed by atoms with van der Waals surface area (Å²) >= 11 is 0. The predicted molar refractivity (Wildman–Crippen MR) is 36.7 cm³/mol. The van der Waals surface area contributed by atoms with Crippen LogP contribution in [-0.2, 0) is 13.2 Å². The van der Waals surface area contributed by atoms with E-state index in [0.717, 1.165) is 25.2 Å². The zero-order valence-corrected chi connectivity index (χ0v) is 6.22. The van der Waals surface area contributed by atoms with Gasteiger partial charge < -0.3 is 4.57 Å². The van der Waals surface area contributed by atoms with Crippen molar-refractivity contribution in [3.63, 3.8) is 0 Å². The molecule has 66 valence electrons. The summed E-state index contributed by atoms with van der Waals surface area (Å²) < 4.78 is 36.8. The van der Waals surface area contributed by atoms with Crippen LogP contribution >= 0.6 is 0 Å². The maximum absolute atomic E-state index is 12.1. The van der Waals surface area contributed by atoms with Gasteiger partial charge in [0, 0.05) is 13.1 Å². The van der Waals surface area contributed by atoms with Gasteiger partial charge >= 0.3 is 6.18 Å². The molecule has 0 radical (unpaired) electrons. The van der Waals surface area contributed by atoms with Crippen molar-refractivity contribution in [1.82, 2.24) is 4.57 Å². The largest absolute Gasteiger partial charge is 0.431 e. The highest BCUT2D eigenvalue weighted by Gasteiger charge is 2.33. The van der Waals surface area contributed by atoms with Crippen molar-refractivity contribution in [2.75, 3.05) is 0 Å². The van der Waals surface area contributed by atoms with Crippen molar-refractivity contribution in [3.05, 3.63) is 34.2 Å². The molecule has 5 heteroatoms. The number of alkyl halides is 3. The number of pyridine rings is 1. The van der Waals surface area contributed by atoms with E-state index in [1.165, 1.54) is 0 Å². The third kappa shape index (κ3) is 1.49. The second-order valence-corrected chi connectivity index (χ2v) is 2.31. The minimum Gasteiger partial charge on any atom is -0.308 e. The van der Waals surface area contributed by atoms with Crippen molar-refractivity contribution in [2.24, 2.45) is 7.05 Å². The number of nitrogens with zero attached hydrogens (tertiary/aromatic N) is 1. The molecule has 0 saturated heterocycles. The molecule has 0 aliphatic rings. The SMILES string of the molecule is Cn1c(C(F)(F)F)cccc1=O. The Bertz CT molecular complexity index is 339. The number of halogens is 3. The van der Waals surface area contributed by atoms with Gasteiger partial charge in [0.2, 0.25) is 0 Å². The zero-order valence-electron chi connectivity index (χ0n) is 6.22. The van der Waals surface area contributed by atoms with E-state index in [4.69, 9.17) is 0 Å². The molecule has 1 aromatic heterocycles. The molecule has 0 N–H and O–H groups in total. The monoisotopic (exact) mass is 177 g/mol. The summed E-state index contributed by atoms with van der Waals surface area (Å²) in [6.07, 6.45) is -4.46. The van der Waals surface area contributed by atoms with Crippen LogP contribution in [0.15, 0.2) is 23.0 Å². The van der Waals surface area contributed by atoms with Gasteiger partial charge in [0.25, 0.3) is 5.56 Å². The maximum Gasteiger partial charge on any atom is 0.431 e. The molecule has 0 fully saturated rings.